The Morgan fingerprint density at radius 2 is 1.61 bits per heavy atom. The summed E-state index contributed by atoms with van der Waals surface area (Å²) in [4.78, 5) is 26.0. The Morgan fingerprint density at radius 1 is 0.879 bits per heavy atom. The third-order valence-corrected chi connectivity index (χ3v) is 8.22. The predicted octanol–water partition coefficient (Wildman–Crippen LogP) is 1.76. The molecule has 1 unspecified atom stereocenters. The highest BCUT2D eigenvalue weighted by molar-refractivity contribution is 7.89. The van der Waals surface area contributed by atoms with Gasteiger partial charge in [-0.2, -0.15) is 4.31 Å². The summed E-state index contributed by atoms with van der Waals surface area (Å²) >= 11 is 0. The Bertz CT molecular complexity index is 1210. The molecule has 0 spiro atoms. The number of hydrogen-bond acceptors (Lipinski definition) is 6. The molecule has 0 saturated carbocycles. The lowest BCUT2D eigenvalue weighted by atomic mass is 10.1. The highest BCUT2D eigenvalue weighted by Gasteiger charge is 2.38. The first-order valence-corrected chi connectivity index (χ1v) is 12.5. The van der Waals surface area contributed by atoms with Crippen LogP contribution in [0.25, 0.3) is 0 Å². The van der Waals surface area contributed by atoms with E-state index >= 15 is 0 Å². The van der Waals surface area contributed by atoms with Gasteiger partial charge in [0.05, 0.1) is 10.9 Å². The number of rotatable bonds is 5. The van der Waals surface area contributed by atoms with Crippen molar-refractivity contribution in [1.29, 1.82) is 0 Å². The fourth-order valence-electron chi connectivity index (χ4n) is 4.57. The minimum atomic E-state index is -3.73. The topological polar surface area (TPSA) is 91.6 Å². The molecule has 2 aliphatic heterocycles. The molecule has 1 atom stereocenters. The van der Waals surface area contributed by atoms with Crippen molar-refractivity contribution >= 4 is 21.9 Å². The van der Waals surface area contributed by atoms with Crippen LogP contribution in [0.1, 0.15) is 18.2 Å². The average molecular weight is 467 g/mol. The van der Waals surface area contributed by atoms with E-state index in [0.717, 1.165) is 5.69 Å². The Morgan fingerprint density at radius 3 is 2.33 bits per heavy atom. The third-order valence-electron chi connectivity index (χ3n) is 6.30. The van der Waals surface area contributed by atoms with Gasteiger partial charge in [-0.05, 0) is 30.3 Å². The summed E-state index contributed by atoms with van der Waals surface area (Å²) in [5.41, 5.74) is 0.852. The fourth-order valence-corrected chi connectivity index (χ4v) is 6.18. The van der Waals surface area contributed by atoms with E-state index in [1.54, 1.807) is 48.8 Å². The molecule has 1 amide bonds. The molecule has 0 aliphatic carbocycles. The summed E-state index contributed by atoms with van der Waals surface area (Å²) in [6.07, 6.45) is 5.47. The molecule has 33 heavy (non-hydrogen) atoms. The van der Waals surface area contributed by atoms with Crippen LogP contribution in [0, 0.1) is 0 Å². The number of piperazine rings is 1. The number of carbonyl (C=O) groups excluding carboxylic acids is 1. The lowest BCUT2D eigenvalue weighted by Crippen LogP contribution is -2.50. The Hall–Kier alpha value is -3.24. The van der Waals surface area contributed by atoms with Crippen molar-refractivity contribution < 1.29 is 13.2 Å². The molecule has 5 rings (SSSR count). The molecule has 1 aromatic carbocycles. The van der Waals surface area contributed by atoms with E-state index in [2.05, 4.69) is 14.9 Å². The van der Waals surface area contributed by atoms with Gasteiger partial charge in [-0.1, -0.05) is 18.2 Å². The molecular formula is C23H26N6O3S. The van der Waals surface area contributed by atoms with E-state index in [9.17, 15) is 13.2 Å². The van der Waals surface area contributed by atoms with Gasteiger partial charge in [0.1, 0.15) is 0 Å². The summed E-state index contributed by atoms with van der Waals surface area (Å²) in [6, 6.07) is 13.5. The van der Waals surface area contributed by atoms with Crippen LogP contribution in [0.4, 0.5) is 5.95 Å². The van der Waals surface area contributed by atoms with Crippen molar-refractivity contribution in [3.63, 3.8) is 0 Å². The smallest absolute Gasteiger partial charge is 0.243 e. The monoisotopic (exact) mass is 466 g/mol. The van der Waals surface area contributed by atoms with Gasteiger partial charge in [-0.3, -0.25) is 4.79 Å². The summed E-state index contributed by atoms with van der Waals surface area (Å²) in [5.74, 6) is 0.617. The van der Waals surface area contributed by atoms with Gasteiger partial charge in [-0.25, -0.2) is 18.4 Å². The summed E-state index contributed by atoms with van der Waals surface area (Å²) in [7, 11) is -3.73. The van der Waals surface area contributed by atoms with Gasteiger partial charge in [0.2, 0.25) is 21.9 Å². The van der Waals surface area contributed by atoms with E-state index in [1.165, 1.54) is 4.31 Å². The van der Waals surface area contributed by atoms with Crippen molar-refractivity contribution in [2.45, 2.75) is 23.9 Å². The molecule has 9 nitrogen and oxygen atoms in total. The summed E-state index contributed by atoms with van der Waals surface area (Å²) in [6.45, 7) is 3.28. The standard InChI is InChI=1S/C23H26N6O3S/c30-22(27-12-14-28(15-13-27)23-24-9-5-10-25-23)18-21-20-8-4-11-26(20)16-17-29(21)33(31,32)19-6-2-1-3-7-19/h1-11,21H,12-18H2. The average Bonchev–Trinajstić information content (AvgIpc) is 3.35. The molecule has 1 fully saturated rings. The first-order chi connectivity index (χ1) is 16.0. The first-order valence-electron chi connectivity index (χ1n) is 11.1. The molecule has 2 aromatic heterocycles. The Labute approximate surface area is 193 Å². The van der Waals surface area contributed by atoms with E-state index < -0.39 is 16.1 Å². The van der Waals surface area contributed by atoms with Crippen molar-refractivity contribution in [1.82, 2.24) is 23.7 Å². The highest BCUT2D eigenvalue weighted by Crippen LogP contribution is 2.34. The Balaban J connectivity index is 1.34. The molecule has 10 heteroatoms. The second kappa shape index (κ2) is 8.95. The SMILES string of the molecule is O=C(CC1c2cccn2CCN1S(=O)(=O)c1ccccc1)N1CCN(c2ncccn2)CC1. The maximum atomic E-state index is 13.5. The maximum absolute atomic E-state index is 13.5. The Kier molecular flexibility index (Phi) is 5.86. The number of sulfonamides is 1. The van der Waals surface area contributed by atoms with Crippen LogP contribution in [-0.4, -0.2) is 70.8 Å². The number of fused-ring (bicyclic) bond motifs is 1. The normalized spacial score (nSPS) is 19.3. The van der Waals surface area contributed by atoms with Gasteiger partial charge < -0.3 is 14.4 Å². The largest absolute Gasteiger partial charge is 0.349 e. The molecule has 0 radical (unpaired) electrons. The summed E-state index contributed by atoms with van der Waals surface area (Å²) in [5, 5.41) is 0. The molecule has 4 heterocycles. The minimum absolute atomic E-state index is 0.0449. The quantitative estimate of drug-likeness (QED) is 0.569. The van der Waals surface area contributed by atoms with Crippen LogP contribution < -0.4 is 4.90 Å². The second-order valence-electron chi connectivity index (χ2n) is 8.19. The van der Waals surface area contributed by atoms with Crippen molar-refractivity contribution in [2.75, 3.05) is 37.6 Å². The van der Waals surface area contributed by atoms with Crippen molar-refractivity contribution in [3.8, 4) is 0 Å². The zero-order valence-corrected chi connectivity index (χ0v) is 19.0. The maximum Gasteiger partial charge on any atom is 0.243 e. The van der Waals surface area contributed by atoms with E-state index in [4.69, 9.17) is 0 Å². The summed E-state index contributed by atoms with van der Waals surface area (Å²) < 4.78 is 30.4. The van der Waals surface area contributed by atoms with Gasteiger partial charge in [0.15, 0.2) is 0 Å². The number of hydrogen-bond donors (Lipinski definition) is 0. The number of carbonyl (C=O) groups is 1. The number of anilines is 1. The fraction of sp³-hybridized carbons (Fsp3) is 0.348. The zero-order valence-electron chi connectivity index (χ0n) is 18.2. The number of aromatic nitrogens is 3. The van der Waals surface area contributed by atoms with E-state index in [0.29, 0.717) is 45.2 Å². The van der Waals surface area contributed by atoms with Gasteiger partial charge in [0, 0.05) is 70.0 Å². The number of benzene rings is 1. The predicted molar refractivity (Wildman–Crippen MR) is 123 cm³/mol. The molecule has 1 saturated heterocycles. The molecule has 2 aliphatic rings. The molecule has 0 N–H and O–H groups in total. The lowest BCUT2D eigenvalue weighted by molar-refractivity contribution is -0.132. The van der Waals surface area contributed by atoms with Crippen molar-refractivity contribution in [2.24, 2.45) is 0 Å². The third kappa shape index (κ3) is 4.23. The highest BCUT2D eigenvalue weighted by atomic mass is 32.2. The van der Waals surface area contributed by atoms with Gasteiger partial charge in [0.25, 0.3) is 0 Å². The second-order valence-corrected chi connectivity index (χ2v) is 10.1. The van der Waals surface area contributed by atoms with Crippen molar-refractivity contribution in [3.05, 3.63) is 72.8 Å². The molecule has 3 aromatic rings. The van der Waals surface area contributed by atoms with E-state index in [-0.39, 0.29) is 17.2 Å². The van der Waals surface area contributed by atoms with Crippen LogP contribution in [0.15, 0.2) is 72.0 Å². The molecule has 172 valence electrons. The number of nitrogens with zero attached hydrogens (tertiary/aromatic N) is 6. The molecule has 0 bridgehead atoms. The van der Waals surface area contributed by atoms with Crippen LogP contribution in [0.5, 0.6) is 0 Å². The van der Waals surface area contributed by atoms with Crippen LogP contribution in [0.2, 0.25) is 0 Å². The van der Waals surface area contributed by atoms with Gasteiger partial charge >= 0.3 is 0 Å². The minimum Gasteiger partial charge on any atom is -0.349 e. The van der Waals surface area contributed by atoms with Crippen LogP contribution in [-0.2, 0) is 21.4 Å². The first kappa shape index (κ1) is 21.6. The lowest BCUT2D eigenvalue weighted by Gasteiger charge is -2.38. The van der Waals surface area contributed by atoms with Gasteiger partial charge in [-0.15, -0.1) is 0 Å². The van der Waals surface area contributed by atoms with E-state index in [1.807, 2.05) is 27.8 Å². The zero-order chi connectivity index (χ0) is 22.8. The van der Waals surface area contributed by atoms with Crippen LogP contribution >= 0.6 is 0 Å². The van der Waals surface area contributed by atoms with Crippen LogP contribution in [0.3, 0.4) is 0 Å². The number of amides is 1. The molecular weight excluding hydrogens is 440 g/mol.